The second-order valence-electron chi connectivity index (χ2n) is 7.37. The van der Waals surface area contributed by atoms with Gasteiger partial charge in [-0.25, -0.2) is 8.78 Å². The smallest absolute Gasteiger partial charge is 0.249 e. The summed E-state index contributed by atoms with van der Waals surface area (Å²) in [4.78, 5) is 38.9. The van der Waals surface area contributed by atoms with E-state index in [1.165, 1.54) is 11.8 Å². The Kier molecular flexibility index (Phi) is 6.44. The van der Waals surface area contributed by atoms with Crippen molar-refractivity contribution in [2.75, 3.05) is 11.9 Å². The lowest BCUT2D eigenvalue weighted by Gasteiger charge is -2.23. The Hall–Kier alpha value is -3.29. The average molecular weight is 415 g/mol. The molecular weight excluding hydrogens is 392 g/mol. The van der Waals surface area contributed by atoms with Crippen molar-refractivity contribution in [3.8, 4) is 0 Å². The quantitative estimate of drug-likeness (QED) is 0.785. The molecule has 0 fully saturated rings. The van der Waals surface area contributed by atoms with Gasteiger partial charge in [-0.2, -0.15) is 0 Å². The van der Waals surface area contributed by atoms with E-state index in [1.807, 2.05) is 24.3 Å². The molecule has 3 amide bonds. The summed E-state index contributed by atoms with van der Waals surface area (Å²) in [6, 6.07) is 8.76. The van der Waals surface area contributed by atoms with Crippen molar-refractivity contribution in [3.05, 3.63) is 65.2 Å². The van der Waals surface area contributed by atoms with Gasteiger partial charge in [-0.3, -0.25) is 14.4 Å². The SMILES string of the molecule is C[C@H](NC(=O)Cc1cc(F)cc(F)c1)C(=O)N[C@H]1CCc2ccccc2N(C)C1=O. The van der Waals surface area contributed by atoms with Crippen molar-refractivity contribution in [1.82, 2.24) is 10.6 Å². The number of hydrogen-bond acceptors (Lipinski definition) is 3. The van der Waals surface area contributed by atoms with Gasteiger partial charge in [-0.05, 0) is 49.1 Å². The predicted octanol–water partition coefficient (Wildman–Crippen LogP) is 2.11. The van der Waals surface area contributed by atoms with E-state index in [9.17, 15) is 23.2 Å². The number of rotatable bonds is 5. The predicted molar refractivity (Wildman–Crippen MR) is 108 cm³/mol. The van der Waals surface area contributed by atoms with Crippen LogP contribution in [0.3, 0.4) is 0 Å². The highest BCUT2D eigenvalue weighted by molar-refractivity contribution is 6.00. The molecule has 2 atom stereocenters. The van der Waals surface area contributed by atoms with Crippen molar-refractivity contribution >= 4 is 23.4 Å². The number of nitrogens with one attached hydrogen (secondary N) is 2. The Morgan fingerprint density at radius 1 is 1.17 bits per heavy atom. The van der Waals surface area contributed by atoms with Crippen LogP contribution in [0, 0.1) is 11.6 Å². The van der Waals surface area contributed by atoms with Crippen molar-refractivity contribution in [3.63, 3.8) is 0 Å². The normalized spacial score (nSPS) is 17.0. The number of para-hydroxylation sites is 1. The lowest BCUT2D eigenvalue weighted by molar-refractivity contribution is -0.130. The monoisotopic (exact) mass is 415 g/mol. The van der Waals surface area contributed by atoms with Crippen LogP contribution in [0.4, 0.5) is 14.5 Å². The molecule has 0 aromatic heterocycles. The molecule has 2 aromatic rings. The first-order valence-electron chi connectivity index (χ1n) is 9.65. The van der Waals surface area contributed by atoms with E-state index < -0.39 is 35.5 Å². The minimum absolute atomic E-state index is 0.163. The van der Waals surface area contributed by atoms with Gasteiger partial charge in [0.25, 0.3) is 0 Å². The van der Waals surface area contributed by atoms with Gasteiger partial charge in [-0.15, -0.1) is 0 Å². The van der Waals surface area contributed by atoms with Gasteiger partial charge >= 0.3 is 0 Å². The molecule has 0 spiro atoms. The molecular formula is C22H23F2N3O3. The van der Waals surface area contributed by atoms with Gasteiger partial charge in [0.2, 0.25) is 17.7 Å². The Morgan fingerprint density at radius 2 is 1.83 bits per heavy atom. The maximum absolute atomic E-state index is 13.3. The zero-order chi connectivity index (χ0) is 21.8. The fourth-order valence-electron chi connectivity index (χ4n) is 3.51. The molecule has 0 radical (unpaired) electrons. The Balaban J connectivity index is 1.58. The topological polar surface area (TPSA) is 78.5 Å². The Bertz CT molecular complexity index is 960. The van der Waals surface area contributed by atoms with E-state index in [0.29, 0.717) is 12.8 Å². The van der Waals surface area contributed by atoms with Crippen LogP contribution in [-0.2, 0) is 27.2 Å². The molecule has 0 saturated carbocycles. The fourth-order valence-corrected chi connectivity index (χ4v) is 3.51. The largest absolute Gasteiger partial charge is 0.344 e. The van der Waals surface area contributed by atoms with Crippen molar-refractivity contribution in [2.45, 2.75) is 38.3 Å². The number of aryl methyl sites for hydroxylation is 1. The molecule has 8 heteroatoms. The molecule has 3 rings (SSSR count). The number of nitrogens with zero attached hydrogens (tertiary/aromatic N) is 1. The highest BCUT2D eigenvalue weighted by Gasteiger charge is 2.30. The van der Waals surface area contributed by atoms with Gasteiger partial charge in [0, 0.05) is 18.8 Å². The lowest BCUT2D eigenvalue weighted by atomic mass is 10.1. The van der Waals surface area contributed by atoms with E-state index >= 15 is 0 Å². The zero-order valence-electron chi connectivity index (χ0n) is 16.7. The molecule has 1 aliphatic rings. The van der Waals surface area contributed by atoms with Crippen LogP contribution in [0.5, 0.6) is 0 Å². The van der Waals surface area contributed by atoms with E-state index in [4.69, 9.17) is 0 Å². The van der Waals surface area contributed by atoms with Crippen LogP contribution in [-0.4, -0.2) is 36.9 Å². The summed E-state index contributed by atoms with van der Waals surface area (Å²) < 4.78 is 26.5. The van der Waals surface area contributed by atoms with Gasteiger partial charge in [0.15, 0.2) is 0 Å². The van der Waals surface area contributed by atoms with E-state index in [-0.39, 0.29) is 17.9 Å². The molecule has 2 aromatic carbocycles. The third kappa shape index (κ3) is 5.00. The minimum atomic E-state index is -0.917. The van der Waals surface area contributed by atoms with Crippen LogP contribution >= 0.6 is 0 Å². The van der Waals surface area contributed by atoms with E-state index in [1.54, 1.807) is 7.05 Å². The van der Waals surface area contributed by atoms with Crippen molar-refractivity contribution in [1.29, 1.82) is 0 Å². The summed E-state index contributed by atoms with van der Waals surface area (Å²) in [5.41, 5.74) is 1.99. The molecule has 6 nitrogen and oxygen atoms in total. The third-order valence-electron chi connectivity index (χ3n) is 5.06. The summed E-state index contributed by atoms with van der Waals surface area (Å²) in [5, 5.41) is 5.19. The fraction of sp³-hybridized carbons (Fsp3) is 0.318. The third-order valence-corrected chi connectivity index (χ3v) is 5.06. The number of amides is 3. The summed E-state index contributed by atoms with van der Waals surface area (Å²) in [6.45, 7) is 1.49. The summed E-state index contributed by atoms with van der Waals surface area (Å²) in [6.07, 6.45) is 0.797. The number of anilines is 1. The molecule has 158 valence electrons. The second-order valence-corrected chi connectivity index (χ2v) is 7.37. The number of likely N-dealkylation sites (N-methyl/N-ethyl adjacent to an activating group) is 1. The number of hydrogen-bond donors (Lipinski definition) is 2. The number of halogens is 2. The number of carbonyl (C=O) groups excluding carboxylic acids is 3. The first kappa shape index (κ1) is 21.4. The Morgan fingerprint density at radius 3 is 2.53 bits per heavy atom. The molecule has 30 heavy (non-hydrogen) atoms. The molecule has 1 heterocycles. The maximum atomic E-state index is 13.3. The van der Waals surface area contributed by atoms with Crippen LogP contribution in [0.2, 0.25) is 0 Å². The van der Waals surface area contributed by atoms with Crippen molar-refractivity contribution in [2.24, 2.45) is 0 Å². The highest BCUT2D eigenvalue weighted by atomic mass is 19.1. The number of carbonyl (C=O) groups is 3. The van der Waals surface area contributed by atoms with Gasteiger partial charge in [0.1, 0.15) is 23.7 Å². The average Bonchev–Trinajstić information content (AvgIpc) is 2.79. The Labute approximate surface area is 173 Å². The molecule has 2 N–H and O–H groups in total. The van der Waals surface area contributed by atoms with Gasteiger partial charge in [0.05, 0.1) is 6.42 Å². The molecule has 0 aliphatic carbocycles. The molecule has 0 bridgehead atoms. The van der Waals surface area contributed by atoms with E-state index in [2.05, 4.69) is 10.6 Å². The highest BCUT2D eigenvalue weighted by Crippen LogP contribution is 2.25. The van der Waals surface area contributed by atoms with Crippen LogP contribution < -0.4 is 15.5 Å². The number of benzene rings is 2. The first-order valence-corrected chi connectivity index (χ1v) is 9.65. The maximum Gasteiger partial charge on any atom is 0.249 e. The van der Waals surface area contributed by atoms with Crippen molar-refractivity contribution < 1.29 is 23.2 Å². The standard InChI is InChI=1S/C22H23F2N3O3/c1-13(25-20(28)11-14-9-16(23)12-17(24)10-14)21(29)26-18-8-7-15-5-3-4-6-19(15)27(2)22(18)30/h3-6,9-10,12-13,18H,7-8,11H2,1-2H3,(H,25,28)(H,26,29)/t13-,18-/m0/s1. The number of fused-ring (bicyclic) bond motifs is 1. The lowest BCUT2D eigenvalue weighted by Crippen LogP contribution is -2.52. The first-order chi connectivity index (χ1) is 14.2. The molecule has 1 aliphatic heterocycles. The molecule has 0 saturated heterocycles. The van der Waals surface area contributed by atoms with Crippen LogP contribution in [0.25, 0.3) is 0 Å². The summed E-state index contributed by atoms with van der Waals surface area (Å²) in [5.74, 6) is -2.85. The van der Waals surface area contributed by atoms with Crippen LogP contribution in [0.15, 0.2) is 42.5 Å². The van der Waals surface area contributed by atoms with Crippen LogP contribution in [0.1, 0.15) is 24.5 Å². The zero-order valence-corrected chi connectivity index (χ0v) is 16.7. The van der Waals surface area contributed by atoms with E-state index in [0.717, 1.165) is 29.4 Å². The second kappa shape index (κ2) is 9.02. The summed E-state index contributed by atoms with van der Waals surface area (Å²) >= 11 is 0. The minimum Gasteiger partial charge on any atom is -0.344 e. The molecule has 0 unspecified atom stereocenters. The summed E-state index contributed by atoms with van der Waals surface area (Å²) in [7, 11) is 1.66. The van der Waals surface area contributed by atoms with Gasteiger partial charge in [-0.1, -0.05) is 18.2 Å². The van der Waals surface area contributed by atoms with Gasteiger partial charge < -0.3 is 15.5 Å².